The van der Waals surface area contributed by atoms with E-state index in [-0.39, 0.29) is 31.6 Å². The number of nitrogens with zero attached hydrogens (tertiary/aromatic N) is 1. The second kappa shape index (κ2) is 20.1. The monoisotopic (exact) mass is 753 g/mol. The molecule has 1 aromatic carbocycles. The van der Waals surface area contributed by atoms with Crippen molar-refractivity contribution in [3.63, 3.8) is 0 Å². The summed E-state index contributed by atoms with van der Waals surface area (Å²) in [6.45, 7) is 7.25. The van der Waals surface area contributed by atoms with Gasteiger partial charge in [0.2, 0.25) is 0 Å². The van der Waals surface area contributed by atoms with E-state index in [1.807, 2.05) is 19.2 Å². The third-order valence-electron chi connectivity index (χ3n) is 10.7. The third kappa shape index (κ3) is 9.66. The molecule has 0 amide bonds. The number of hydrogen-bond acceptors (Lipinski definition) is 12. The fraction of sp³-hybridized carbons (Fsp3) is 0.763. The second-order valence-corrected chi connectivity index (χ2v) is 15.4. The molecule has 5 atom stereocenters. The average molecular weight is 754 g/mol. The lowest BCUT2D eigenvalue weighted by Gasteiger charge is -2.61. The summed E-state index contributed by atoms with van der Waals surface area (Å²) in [5.41, 5.74) is -0.494. The number of carbonyl (C=O) groups excluding carboxylic acids is 1. The van der Waals surface area contributed by atoms with Gasteiger partial charge in [-0.25, -0.2) is 4.57 Å². The number of ether oxygens (including phenoxy) is 7. The van der Waals surface area contributed by atoms with E-state index in [0.717, 1.165) is 24.2 Å². The first-order valence-electron chi connectivity index (χ1n) is 19.2. The largest absolute Gasteiger partial charge is 0.493 e. The van der Waals surface area contributed by atoms with Gasteiger partial charge in [0.25, 0.3) is 0 Å². The molecule has 1 N–H and O–H groups in total. The average Bonchev–Trinajstić information content (AvgIpc) is 3.49. The molecule has 4 aliphatic rings. The summed E-state index contributed by atoms with van der Waals surface area (Å²) < 4.78 is 64.9. The number of likely N-dealkylation sites (N-methyl/N-ethyl adjacent to an activating group) is 1. The maximum atomic E-state index is 13.5. The Balaban J connectivity index is 0.925. The van der Waals surface area contributed by atoms with E-state index in [0.29, 0.717) is 77.1 Å². The van der Waals surface area contributed by atoms with E-state index in [4.69, 9.17) is 42.2 Å². The number of carbonyl (C=O) groups is 1. The molecular formula is C38H60NO12P. The van der Waals surface area contributed by atoms with Crippen LogP contribution in [0.3, 0.4) is 0 Å². The Morgan fingerprint density at radius 1 is 0.846 bits per heavy atom. The number of phosphoric ester groups is 1. The van der Waals surface area contributed by atoms with E-state index in [9.17, 15) is 14.3 Å². The highest BCUT2D eigenvalue weighted by atomic mass is 31.2. The van der Waals surface area contributed by atoms with Crippen LogP contribution in [0.15, 0.2) is 24.3 Å². The number of phosphoric acid groups is 1. The number of methoxy groups -OCH3 is 1. The van der Waals surface area contributed by atoms with Crippen molar-refractivity contribution >= 4 is 13.6 Å². The number of rotatable bonds is 28. The van der Waals surface area contributed by atoms with Gasteiger partial charge in [0, 0.05) is 18.2 Å². The molecule has 5 rings (SSSR count). The molecule has 0 radical (unpaired) electrons. The van der Waals surface area contributed by atoms with Crippen LogP contribution in [-0.2, 0) is 53.9 Å². The molecule has 2 aliphatic heterocycles. The number of hydrogen-bond donors (Lipinski definition) is 1. The molecule has 294 valence electrons. The van der Waals surface area contributed by atoms with Crippen molar-refractivity contribution < 1.29 is 56.5 Å². The Kier molecular flexibility index (Phi) is 16.0. The maximum Gasteiger partial charge on any atom is 0.473 e. The number of ketones is 1. The zero-order valence-electron chi connectivity index (χ0n) is 31.4. The molecule has 14 heteroatoms. The minimum atomic E-state index is -4.62. The van der Waals surface area contributed by atoms with Gasteiger partial charge in [0.15, 0.2) is 23.4 Å². The molecule has 0 aromatic heterocycles. The van der Waals surface area contributed by atoms with Crippen LogP contribution in [0, 0.1) is 0 Å². The van der Waals surface area contributed by atoms with Gasteiger partial charge < -0.3 is 38.1 Å². The Labute approximate surface area is 309 Å². The van der Waals surface area contributed by atoms with Gasteiger partial charge in [-0.05, 0) is 56.6 Å². The normalized spacial score (nSPS) is 25.6. The zero-order valence-corrected chi connectivity index (χ0v) is 32.2. The molecule has 1 saturated heterocycles. The molecule has 2 aliphatic carbocycles. The molecule has 2 bridgehead atoms. The lowest BCUT2D eigenvalue weighted by atomic mass is 9.51. The van der Waals surface area contributed by atoms with Gasteiger partial charge in [-0.2, -0.15) is 0 Å². The van der Waals surface area contributed by atoms with Crippen LogP contribution in [0.2, 0.25) is 0 Å². The number of benzene rings is 1. The van der Waals surface area contributed by atoms with Gasteiger partial charge >= 0.3 is 7.82 Å². The smallest absolute Gasteiger partial charge is 0.473 e. The van der Waals surface area contributed by atoms with Crippen molar-refractivity contribution in [2.75, 3.05) is 93.4 Å². The van der Waals surface area contributed by atoms with Gasteiger partial charge in [-0.15, -0.1) is 0 Å². The van der Waals surface area contributed by atoms with Gasteiger partial charge in [0.05, 0.1) is 78.6 Å². The summed E-state index contributed by atoms with van der Waals surface area (Å²) in [7, 11) is -1.10. The lowest BCUT2D eigenvalue weighted by Crippen LogP contribution is -2.75. The Morgan fingerprint density at radius 3 is 2.04 bits per heavy atom. The summed E-state index contributed by atoms with van der Waals surface area (Å²) in [6, 6.07) is 3.50. The van der Waals surface area contributed by atoms with E-state index < -0.39 is 24.9 Å². The van der Waals surface area contributed by atoms with Crippen molar-refractivity contribution in [1.29, 1.82) is 0 Å². The Morgan fingerprint density at radius 2 is 1.42 bits per heavy atom. The first-order chi connectivity index (χ1) is 25.3. The molecule has 1 fully saturated rings. The SMILES string of the molecule is CCCCCCCCCCOCCOCCOCCOCCOCCOP(=O)(O)O[C@@]12C=CC(=O)[C@@H]3Oc4c(OC)ccc5c4[C@@]31CCN(C)[C@@H]2C5. The topological polar surface area (TPSA) is 141 Å². The van der Waals surface area contributed by atoms with E-state index >= 15 is 0 Å². The first kappa shape index (κ1) is 41.3. The molecule has 1 spiro atoms. The molecule has 1 aromatic rings. The summed E-state index contributed by atoms with van der Waals surface area (Å²) in [5.74, 6) is 0.812. The number of piperidine rings is 1. The fourth-order valence-electron chi connectivity index (χ4n) is 8.17. The van der Waals surface area contributed by atoms with E-state index in [2.05, 4.69) is 11.8 Å². The van der Waals surface area contributed by atoms with E-state index in [1.165, 1.54) is 51.0 Å². The summed E-state index contributed by atoms with van der Waals surface area (Å²) >= 11 is 0. The number of likely N-dealkylation sites (tertiary alicyclic amines) is 1. The van der Waals surface area contributed by atoms with Gasteiger partial charge in [-0.1, -0.05) is 57.9 Å². The summed E-state index contributed by atoms with van der Waals surface area (Å²) in [4.78, 5) is 26.4. The van der Waals surface area contributed by atoms with Crippen LogP contribution in [0.5, 0.6) is 11.5 Å². The molecular weight excluding hydrogens is 693 g/mol. The molecule has 52 heavy (non-hydrogen) atoms. The standard InChI is InChI=1S/C38H60NO12P/c1-4-5-6-7-8-9-10-11-18-44-19-20-45-21-22-46-23-24-47-25-26-48-27-28-49-52(41,42)51-38-15-14-31(40)36-37(38)16-17-39(2)33(38)29-30-12-13-32(43-3)35(50-36)34(30)37/h12-15,33,36H,4-11,16-29H2,1-3H3,(H,41,42)/t33-,36+,37+,38-/m1/s1. The van der Waals surface area contributed by atoms with Crippen LogP contribution < -0.4 is 9.47 Å². The van der Waals surface area contributed by atoms with Gasteiger partial charge in [0.1, 0.15) is 5.60 Å². The lowest BCUT2D eigenvalue weighted by molar-refractivity contribution is -0.149. The highest BCUT2D eigenvalue weighted by Crippen LogP contribution is 2.67. The zero-order chi connectivity index (χ0) is 36.9. The molecule has 13 nitrogen and oxygen atoms in total. The van der Waals surface area contributed by atoms with Crippen molar-refractivity contribution in [2.45, 2.75) is 94.3 Å². The minimum absolute atomic E-state index is 0.0691. The van der Waals surface area contributed by atoms with Crippen molar-refractivity contribution in [1.82, 2.24) is 4.90 Å². The van der Waals surface area contributed by atoms with Crippen molar-refractivity contribution in [3.8, 4) is 11.5 Å². The minimum Gasteiger partial charge on any atom is -0.493 e. The molecule has 1 unspecified atom stereocenters. The highest BCUT2D eigenvalue weighted by Gasteiger charge is 2.74. The highest BCUT2D eigenvalue weighted by molar-refractivity contribution is 7.47. The maximum absolute atomic E-state index is 13.5. The van der Waals surface area contributed by atoms with Crippen LogP contribution in [0.1, 0.15) is 75.8 Å². The molecule has 2 heterocycles. The second-order valence-electron chi connectivity index (χ2n) is 14.0. The Hall–Kier alpha value is -1.90. The van der Waals surface area contributed by atoms with Crippen LogP contribution in [0.25, 0.3) is 0 Å². The third-order valence-corrected chi connectivity index (χ3v) is 11.7. The summed E-state index contributed by atoms with van der Waals surface area (Å²) in [5, 5.41) is 0. The van der Waals surface area contributed by atoms with Gasteiger partial charge in [-0.3, -0.25) is 18.7 Å². The summed E-state index contributed by atoms with van der Waals surface area (Å²) in [6.07, 6.45) is 13.5. The quantitative estimate of drug-likeness (QED) is 0.0888. The van der Waals surface area contributed by atoms with Crippen molar-refractivity contribution in [3.05, 3.63) is 35.4 Å². The molecule has 0 saturated carbocycles. The predicted octanol–water partition coefficient (Wildman–Crippen LogP) is 5.19. The first-order valence-corrected chi connectivity index (χ1v) is 20.7. The fourth-order valence-corrected chi connectivity index (χ4v) is 9.25. The Bertz CT molecular complexity index is 1360. The van der Waals surface area contributed by atoms with Crippen LogP contribution in [-0.4, -0.2) is 127 Å². The number of unbranched alkanes of at least 4 members (excludes halogenated alkanes) is 7. The van der Waals surface area contributed by atoms with Crippen LogP contribution in [0.4, 0.5) is 0 Å². The van der Waals surface area contributed by atoms with Crippen LogP contribution >= 0.6 is 7.82 Å². The predicted molar refractivity (Wildman–Crippen MR) is 194 cm³/mol. The van der Waals surface area contributed by atoms with Crippen molar-refractivity contribution in [2.24, 2.45) is 0 Å². The van der Waals surface area contributed by atoms with E-state index in [1.54, 1.807) is 13.2 Å².